The molecular weight excluding hydrogens is 176 g/mol. The molecule has 0 radical (unpaired) electrons. The van der Waals surface area contributed by atoms with E-state index in [1.807, 2.05) is 25.5 Å². The summed E-state index contributed by atoms with van der Waals surface area (Å²) in [6, 6.07) is 0. The van der Waals surface area contributed by atoms with Crippen LogP contribution in [0.5, 0.6) is 0 Å². The van der Waals surface area contributed by atoms with Crippen molar-refractivity contribution in [3.05, 3.63) is 17.2 Å². The first-order valence-corrected chi connectivity index (χ1v) is 4.15. The van der Waals surface area contributed by atoms with Gasteiger partial charge in [0.25, 0.3) is 0 Å². The molecule has 0 aliphatic heterocycles. The second-order valence-corrected chi connectivity index (χ2v) is 3.89. The normalized spacial score (nSPS) is 12.1. The van der Waals surface area contributed by atoms with Gasteiger partial charge in [0.2, 0.25) is 0 Å². The number of imidazole rings is 1. The summed E-state index contributed by atoms with van der Waals surface area (Å²) in [7, 11) is 1.87. The van der Waals surface area contributed by atoms with Gasteiger partial charge in [-0.05, 0) is 0 Å². The van der Waals surface area contributed by atoms with Crippen LogP contribution in [-0.2, 0) is 12.5 Å². The molecule has 68 valence electrons. The minimum atomic E-state index is -0.331. The Bertz CT molecular complexity index is 261. The van der Waals surface area contributed by atoms with Crippen molar-refractivity contribution in [1.82, 2.24) is 9.55 Å². The molecule has 0 aromatic carbocycles. The van der Waals surface area contributed by atoms with E-state index in [9.17, 15) is 0 Å². The molecule has 1 aromatic heterocycles. The summed E-state index contributed by atoms with van der Waals surface area (Å²) in [6.45, 7) is 3.91. The van der Waals surface area contributed by atoms with Crippen LogP contribution in [0.2, 0.25) is 5.15 Å². The van der Waals surface area contributed by atoms with Gasteiger partial charge in [-0.3, -0.25) is 0 Å². The average molecular weight is 189 g/mol. The molecule has 0 atom stereocenters. The van der Waals surface area contributed by atoms with Crippen molar-refractivity contribution in [3.63, 3.8) is 0 Å². The van der Waals surface area contributed by atoms with Gasteiger partial charge in [0.15, 0.2) is 5.15 Å². The maximum atomic E-state index is 9.11. The smallest absolute Gasteiger partial charge is 0.150 e. The van der Waals surface area contributed by atoms with E-state index < -0.39 is 0 Å². The SMILES string of the molecule is Cn1cnc(Cl)c1C(C)(C)CO. The van der Waals surface area contributed by atoms with Crippen LogP contribution in [0.1, 0.15) is 19.5 Å². The second kappa shape index (κ2) is 3.07. The van der Waals surface area contributed by atoms with E-state index in [1.54, 1.807) is 6.33 Å². The van der Waals surface area contributed by atoms with Crippen molar-refractivity contribution in [2.75, 3.05) is 6.61 Å². The zero-order valence-corrected chi connectivity index (χ0v) is 8.26. The Morgan fingerprint density at radius 1 is 1.67 bits per heavy atom. The predicted molar refractivity (Wildman–Crippen MR) is 48.3 cm³/mol. The van der Waals surface area contributed by atoms with Gasteiger partial charge in [0.1, 0.15) is 0 Å². The molecule has 0 amide bonds. The lowest BCUT2D eigenvalue weighted by Gasteiger charge is -2.22. The molecular formula is C8H13ClN2O. The fourth-order valence-electron chi connectivity index (χ4n) is 1.23. The largest absolute Gasteiger partial charge is 0.395 e. The molecule has 4 heteroatoms. The topological polar surface area (TPSA) is 38.0 Å². The molecule has 0 aliphatic rings. The fourth-order valence-corrected chi connectivity index (χ4v) is 1.67. The van der Waals surface area contributed by atoms with Crippen LogP contribution in [0, 0.1) is 0 Å². The van der Waals surface area contributed by atoms with Gasteiger partial charge in [-0.25, -0.2) is 4.98 Å². The van der Waals surface area contributed by atoms with E-state index in [0.717, 1.165) is 5.69 Å². The molecule has 0 saturated carbocycles. The number of aliphatic hydroxyl groups is 1. The summed E-state index contributed by atoms with van der Waals surface area (Å²) < 4.78 is 1.83. The average Bonchev–Trinajstić information content (AvgIpc) is 2.31. The number of aryl methyl sites for hydroxylation is 1. The lowest BCUT2D eigenvalue weighted by Crippen LogP contribution is -2.25. The molecule has 0 spiro atoms. The van der Waals surface area contributed by atoms with Crippen molar-refractivity contribution >= 4 is 11.6 Å². The highest BCUT2D eigenvalue weighted by Crippen LogP contribution is 2.27. The zero-order valence-electron chi connectivity index (χ0n) is 7.50. The van der Waals surface area contributed by atoms with Gasteiger partial charge in [-0.1, -0.05) is 25.4 Å². The van der Waals surface area contributed by atoms with E-state index in [1.165, 1.54) is 0 Å². The van der Waals surface area contributed by atoms with Crippen molar-refractivity contribution in [3.8, 4) is 0 Å². The molecule has 0 unspecified atom stereocenters. The number of aliphatic hydroxyl groups excluding tert-OH is 1. The predicted octanol–water partition coefficient (Wildman–Crippen LogP) is 1.34. The lowest BCUT2D eigenvalue weighted by molar-refractivity contribution is 0.213. The first-order valence-electron chi connectivity index (χ1n) is 3.77. The summed E-state index contributed by atoms with van der Waals surface area (Å²) in [5.41, 5.74) is 0.536. The van der Waals surface area contributed by atoms with E-state index in [4.69, 9.17) is 16.7 Å². The first kappa shape index (κ1) is 9.55. The Morgan fingerprint density at radius 3 is 2.58 bits per heavy atom. The van der Waals surface area contributed by atoms with Crippen LogP contribution in [0.25, 0.3) is 0 Å². The number of aromatic nitrogens is 2. The molecule has 0 bridgehead atoms. The highest BCUT2D eigenvalue weighted by Gasteiger charge is 2.26. The number of hydrogen-bond donors (Lipinski definition) is 1. The molecule has 1 N–H and O–H groups in total. The lowest BCUT2D eigenvalue weighted by atomic mass is 9.91. The highest BCUT2D eigenvalue weighted by atomic mass is 35.5. The summed E-state index contributed by atoms with van der Waals surface area (Å²) in [6.07, 6.45) is 1.65. The van der Waals surface area contributed by atoms with Gasteiger partial charge < -0.3 is 9.67 Å². The first-order chi connectivity index (χ1) is 5.49. The van der Waals surface area contributed by atoms with Crippen LogP contribution in [0.3, 0.4) is 0 Å². The molecule has 1 rings (SSSR count). The maximum Gasteiger partial charge on any atom is 0.150 e. The Hall–Kier alpha value is -0.540. The quantitative estimate of drug-likeness (QED) is 0.761. The van der Waals surface area contributed by atoms with Gasteiger partial charge in [-0.2, -0.15) is 0 Å². The van der Waals surface area contributed by atoms with Crippen LogP contribution in [-0.4, -0.2) is 21.3 Å². The molecule has 1 heterocycles. The Kier molecular flexibility index (Phi) is 2.44. The van der Waals surface area contributed by atoms with Crippen LogP contribution < -0.4 is 0 Å². The van der Waals surface area contributed by atoms with Gasteiger partial charge in [-0.15, -0.1) is 0 Å². The van der Waals surface area contributed by atoms with E-state index in [0.29, 0.717) is 5.15 Å². The van der Waals surface area contributed by atoms with Crippen LogP contribution >= 0.6 is 11.6 Å². The number of rotatable bonds is 2. The van der Waals surface area contributed by atoms with Gasteiger partial charge >= 0.3 is 0 Å². The molecule has 0 saturated heterocycles. The number of halogens is 1. The summed E-state index contributed by atoms with van der Waals surface area (Å²) >= 11 is 5.87. The standard InChI is InChI=1S/C8H13ClN2O/c1-8(2,4-12)6-7(9)10-5-11(6)3/h5,12H,4H2,1-3H3. The second-order valence-electron chi connectivity index (χ2n) is 3.54. The molecule has 1 aromatic rings. The maximum absolute atomic E-state index is 9.11. The Morgan fingerprint density at radius 2 is 2.25 bits per heavy atom. The van der Waals surface area contributed by atoms with Crippen molar-refractivity contribution in [2.24, 2.45) is 7.05 Å². The van der Waals surface area contributed by atoms with Crippen molar-refractivity contribution < 1.29 is 5.11 Å². The minimum Gasteiger partial charge on any atom is -0.395 e. The summed E-state index contributed by atoms with van der Waals surface area (Å²) in [5.74, 6) is 0. The molecule has 3 nitrogen and oxygen atoms in total. The third-order valence-electron chi connectivity index (χ3n) is 1.93. The molecule has 12 heavy (non-hydrogen) atoms. The van der Waals surface area contributed by atoms with Crippen molar-refractivity contribution in [1.29, 1.82) is 0 Å². The van der Waals surface area contributed by atoms with Gasteiger partial charge in [0, 0.05) is 12.5 Å². The van der Waals surface area contributed by atoms with Gasteiger partial charge in [0.05, 0.1) is 18.6 Å². The monoisotopic (exact) mass is 188 g/mol. The number of hydrogen-bond acceptors (Lipinski definition) is 2. The molecule has 0 fully saturated rings. The fraction of sp³-hybridized carbons (Fsp3) is 0.625. The van der Waals surface area contributed by atoms with E-state index in [-0.39, 0.29) is 12.0 Å². The number of nitrogens with zero attached hydrogens (tertiary/aromatic N) is 2. The Balaban J connectivity index is 3.17. The highest BCUT2D eigenvalue weighted by molar-refractivity contribution is 6.30. The van der Waals surface area contributed by atoms with E-state index in [2.05, 4.69) is 4.98 Å². The zero-order chi connectivity index (χ0) is 9.35. The van der Waals surface area contributed by atoms with Crippen LogP contribution in [0.15, 0.2) is 6.33 Å². The molecule has 0 aliphatic carbocycles. The Labute approximate surface area is 77.0 Å². The van der Waals surface area contributed by atoms with Crippen LogP contribution in [0.4, 0.5) is 0 Å². The van der Waals surface area contributed by atoms with E-state index >= 15 is 0 Å². The third-order valence-corrected chi connectivity index (χ3v) is 2.21. The third kappa shape index (κ3) is 1.47. The summed E-state index contributed by atoms with van der Waals surface area (Å²) in [4.78, 5) is 3.95. The van der Waals surface area contributed by atoms with Crippen molar-refractivity contribution in [2.45, 2.75) is 19.3 Å². The summed E-state index contributed by atoms with van der Waals surface area (Å²) in [5, 5.41) is 9.58. The minimum absolute atomic E-state index is 0.0618.